The maximum atomic E-state index is 9.69. The highest BCUT2D eigenvalue weighted by molar-refractivity contribution is 5.54. The number of rotatable bonds is 3. The van der Waals surface area contributed by atoms with E-state index >= 15 is 0 Å². The van der Waals surface area contributed by atoms with Crippen LogP contribution in [0.15, 0.2) is 12.1 Å². The summed E-state index contributed by atoms with van der Waals surface area (Å²) in [5.74, 6) is -0.122. The van der Waals surface area contributed by atoms with Crippen molar-refractivity contribution in [1.29, 1.82) is 0 Å². The lowest BCUT2D eigenvalue weighted by atomic mass is 9.76. The first kappa shape index (κ1) is 12.0. The Hall–Kier alpha value is -1.42. The van der Waals surface area contributed by atoms with Crippen LogP contribution in [-0.4, -0.2) is 22.9 Å². The van der Waals surface area contributed by atoms with Gasteiger partial charge in [-0.15, -0.1) is 0 Å². The Morgan fingerprint density at radius 2 is 1.88 bits per heavy atom. The molecule has 0 aliphatic heterocycles. The molecule has 1 saturated carbocycles. The molecule has 94 valence electrons. The lowest BCUT2D eigenvalue weighted by Gasteiger charge is -2.33. The SMILES string of the molecule is COc1cc(C(C)(C)C2(N)CC2)cc(O)c1O. The number of ether oxygens (including phenoxy) is 1. The molecule has 0 aromatic heterocycles. The van der Waals surface area contributed by atoms with Crippen molar-refractivity contribution in [3.8, 4) is 17.2 Å². The van der Waals surface area contributed by atoms with Gasteiger partial charge in [0.1, 0.15) is 0 Å². The molecule has 0 heterocycles. The van der Waals surface area contributed by atoms with E-state index in [1.165, 1.54) is 7.11 Å². The summed E-state index contributed by atoms with van der Waals surface area (Å²) >= 11 is 0. The van der Waals surface area contributed by atoms with E-state index in [-0.39, 0.29) is 28.2 Å². The molecule has 4 N–H and O–H groups in total. The summed E-state index contributed by atoms with van der Waals surface area (Å²) in [4.78, 5) is 0. The van der Waals surface area contributed by atoms with Crippen molar-refractivity contribution in [2.45, 2.75) is 37.6 Å². The van der Waals surface area contributed by atoms with Gasteiger partial charge in [0.15, 0.2) is 11.5 Å². The topological polar surface area (TPSA) is 75.7 Å². The van der Waals surface area contributed by atoms with Gasteiger partial charge in [-0.1, -0.05) is 13.8 Å². The molecule has 1 aromatic carbocycles. The number of phenols is 2. The fourth-order valence-electron chi connectivity index (χ4n) is 2.16. The van der Waals surface area contributed by atoms with Crippen LogP contribution in [0.4, 0.5) is 0 Å². The van der Waals surface area contributed by atoms with Crippen LogP contribution in [-0.2, 0) is 5.41 Å². The number of phenolic OH excluding ortho intramolecular Hbond substituents is 2. The zero-order valence-corrected chi connectivity index (χ0v) is 10.4. The molecular formula is C13H19NO3. The quantitative estimate of drug-likeness (QED) is 0.701. The average molecular weight is 237 g/mol. The summed E-state index contributed by atoms with van der Waals surface area (Å²) < 4.78 is 5.04. The van der Waals surface area contributed by atoms with Gasteiger partial charge in [-0.3, -0.25) is 0 Å². The molecule has 0 amide bonds. The van der Waals surface area contributed by atoms with Crippen LogP contribution in [0.25, 0.3) is 0 Å². The molecule has 17 heavy (non-hydrogen) atoms. The Bertz CT molecular complexity index is 450. The van der Waals surface area contributed by atoms with E-state index in [1.807, 2.05) is 13.8 Å². The van der Waals surface area contributed by atoms with Crippen molar-refractivity contribution in [3.63, 3.8) is 0 Å². The summed E-state index contributed by atoms with van der Waals surface area (Å²) in [6, 6.07) is 3.30. The fraction of sp³-hybridized carbons (Fsp3) is 0.538. The number of nitrogens with two attached hydrogens (primary N) is 1. The minimum atomic E-state index is -0.258. The molecular weight excluding hydrogens is 218 g/mol. The van der Waals surface area contributed by atoms with Gasteiger partial charge in [-0.2, -0.15) is 0 Å². The van der Waals surface area contributed by atoms with Crippen molar-refractivity contribution in [2.24, 2.45) is 5.73 Å². The molecule has 0 radical (unpaired) electrons. The fourth-order valence-corrected chi connectivity index (χ4v) is 2.16. The van der Waals surface area contributed by atoms with Crippen LogP contribution in [0.5, 0.6) is 17.2 Å². The van der Waals surface area contributed by atoms with Gasteiger partial charge in [0, 0.05) is 11.0 Å². The highest BCUT2D eigenvalue weighted by Gasteiger charge is 2.52. The molecule has 0 spiro atoms. The predicted octanol–water partition coefficient (Wildman–Crippen LogP) is 1.88. The molecule has 0 saturated heterocycles. The summed E-state index contributed by atoms with van der Waals surface area (Å²) in [5, 5.41) is 19.3. The van der Waals surface area contributed by atoms with Gasteiger partial charge < -0.3 is 20.7 Å². The van der Waals surface area contributed by atoms with Crippen molar-refractivity contribution < 1.29 is 14.9 Å². The largest absolute Gasteiger partial charge is 0.504 e. The van der Waals surface area contributed by atoms with E-state index in [4.69, 9.17) is 10.5 Å². The van der Waals surface area contributed by atoms with Gasteiger partial charge in [-0.05, 0) is 30.5 Å². The molecule has 1 fully saturated rings. The second kappa shape index (κ2) is 3.53. The van der Waals surface area contributed by atoms with E-state index in [0.717, 1.165) is 18.4 Å². The molecule has 4 nitrogen and oxygen atoms in total. The summed E-state index contributed by atoms with van der Waals surface area (Å²) in [6.45, 7) is 4.09. The summed E-state index contributed by atoms with van der Waals surface area (Å²) in [6.07, 6.45) is 1.95. The smallest absolute Gasteiger partial charge is 0.200 e. The summed E-state index contributed by atoms with van der Waals surface area (Å²) in [7, 11) is 1.46. The zero-order valence-electron chi connectivity index (χ0n) is 10.4. The van der Waals surface area contributed by atoms with Crippen LogP contribution in [0.3, 0.4) is 0 Å². The van der Waals surface area contributed by atoms with Gasteiger partial charge in [0.25, 0.3) is 0 Å². The molecule has 0 atom stereocenters. The van der Waals surface area contributed by atoms with E-state index in [9.17, 15) is 10.2 Å². The number of methoxy groups -OCH3 is 1. The normalized spacial score (nSPS) is 17.9. The number of hydrogen-bond donors (Lipinski definition) is 3. The molecule has 0 bridgehead atoms. The first-order chi connectivity index (χ1) is 7.82. The second-order valence-electron chi connectivity index (χ2n) is 5.33. The van der Waals surface area contributed by atoms with Crippen molar-refractivity contribution in [3.05, 3.63) is 17.7 Å². The standard InChI is InChI=1S/C13H19NO3/c1-12(2,13(14)4-5-13)8-6-9(15)11(16)10(7-8)17-3/h6-7,15-16H,4-5,14H2,1-3H3. The molecule has 1 aliphatic rings. The van der Waals surface area contributed by atoms with Crippen molar-refractivity contribution in [1.82, 2.24) is 0 Å². The molecule has 1 aliphatic carbocycles. The Labute approximate surface area is 101 Å². The van der Waals surface area contributed by atoms with Crippen molar-refractivity contribution >= 4 is 0 Å². The van der Waals surface area contributed by atoms with Gasteiger partial charge in [-0.25, -0.2) is 0 Å². The molecule has 2 rings (SSSR count). The Balaban J connectivity index is 2.49. The molecule has 0 unspecified atom stereocenters. The number of benzene rings is 1. The zero-order chi connectivity index (χ0) is 12.8. The number of hydrogen-bond acceptors (Lipinski definition) is 4. The minimum absolute atomic E-state index is 0.170. The van der Waals surface area contributed by atoms with E-state index in [2.05, 4.69) is 0 Å². The van der Waals surface area contributed by atoms with Crippen LogP contribution >= 0.6 is 0 Å². The Kier molecular flexibility index (Phi) is 2.51. The van der Waals surface area contributed by atoms with Gasteiger partial charge in [0.05, 0.1) is 7.11 Å². The lowest BCUT2D eigenvalue weighted by molar-refractivity contribution is 0.342. The van der Waals surface area contributed by atoms with Crippen molar-refractivity contribution in [2.75, 3.05) is 7.11 Å². The van der Waals surface area contributed by atoms with Crippen LogP contribution < -0.4 is 10.5 Å². The third kappa shape index (κ3) is 1.72. The monoisotopic (exact) mass is 237 g/mol. The Morgan fingerprint density at radius 3 is 2.35 bits per heavy atom. The van der Waals surface area contributed by atoms with Crippen LogP contribution in [0.1, 0.15) is 32.3 Å². The average Bonchev–Trinajstić information content (AvgIpc) is 3.02. The van der Waals surface area contributed by atoms with Crippen LogP contribution in [0, 0.1) is 0 Å². The van der Waals surface area contributed by atoms with E-state index < -0.39 is 0 Å². The maximum Gasteiger partial charge on any atom is 0.200 e. The number of aromatic hydroxyl groups is 2. The Morgan fingerprint density at radius 1 is 1.29 bits per heavy atom. The second-order valence-corrected chi connectivity index (χ2v) is 5.33. The summed E-state index contributed by atoms with van der Waals surface area (Å²) in [5.41, 5.74) is 6.65. The molecule has 1 aromatic rings. The maximum absolute atomic E-state index is 9.69. The third-order valence-corrected chi connectivity index (χ3v) is 4.03. The van der Waals surface area contributed by atoms with E-state index in [1.54, 1.807) is 12.1 Å². The first-order valence-corrected chi connectivity index (χ1v) is 5.71. The van der Waals surface area contributed by atoms with Crippen LogP contribution in [0.2, 0.25) is 0 Å². The molecule has 4 heteroatoms. The first-order valence-electron chi connectivity index (χ1n) is 5.71. The minimum Gasteiger partial charge on any atom is -0.504 e. The highest BCUT2D eigenvalue weighted by Crippen LogP contribution is 2.51. The predicted molar refractivity (Wildman–Crippen MR) is 65.5 cm³/mol. The highest BCUT2D eigenvalue weighted by atomic mass is 16.5. The lowest BCUT2D eigenvalue weighted by Crippen LogP contribution is -2.43. The van der Waals surface area contributed by atoms with Gasteiger partial charge >= 0.3 is 0 Å². The third-order valence-electron chi connectivity index (χ3n) is 4.03. The van der Waals surface area contributed by atoms with Gasteiger partial charge in [0.2, 0.25) is 5.75 Å². The van der Waals surface area contributed by atoms with E-state index in [0.29, 0.717) is 0 Å².